The summed E-state index contributed by atoms with van der Waals surface area (Å²) in [6, 6.07) is 11.7. The Morgan fingerprint density at radius 3 is 2.04 bits per heavy atom. The third-order valence-electron chi connectivity index (χ3n) is 4.33. The quantitative estimate of drug-likeness (QED) is 0.682. The first-order valence-corrected chi connectivity index (χ1v) is 11.1. The van der Waals surface area contributed by atoms with Gasteiger partial charge >= 0.3 is 0 Å². The standard InChI is InChI=1S/C21H27ClN2O3S/c1-13(2)16-6-8-17(9-7-16)15(5)23-21(25)19-12-18(10-11-20(19)22)28(26,27)24-14(3)4/h6-15,24H,1-5H3,(H,23,25). The fraction of sp³-hybridized carbons (Fsp3) is 0.381. The fourth-order valence-corrected chi connectivity index (χ4v) is 4.23. The van der Waals surface area contributed by atoms with Crippen molar-refractivity contribution in [1.29, 1.82) is 0 Å². The Morgan fingerprint density at radius 2 is 1.50 bits per heavy atom. The second-order valence-corrected chi connectivity index (χ2v) is 9.56. The van der Waals surface area contributed by atoms with E-state index >= 15 is 0 Å². The minimum absolute atomic E-state index is 0.00434. The number of benzene rings is 2. The molecule has 5 nitrogen and oxygen atoms in total. The first-order chi connectivity index (χ1) is 13.0. The number of carbonyl (C=O) groups excluding carboxylic acids is 1. The van der Waals surface area contributed by atoms with Crippen molar-refractivity contribution in [3.05, 3.63) is 64.2 Å². The third-order valence-corrected chi connectivity index (χ3v) is 6.32. The Balaban J connectivity index is 2.22. The summed E-state index contributed by atoms with van der Waals surface area (Å²) in [4.78, 5) is 12.7. The maximum atomic E-state index is 12.7. The number of sulfonamides is 1. The number of amides is 1. The molecule has 0 saturated carbocycles. The maximum Gasteiger partial charge on any atom is 0.253 e. The van der Waals surface area contributed by atoms with Crippen LogP contribution in [0.3, 0.4) is 0 Å². The van der Waals surface area contributed by atoms with Crippen molar-refractivity contribution in [2.75, 3.05) is 0 Å². The van der Waals surface area contributed by atoms with E-state index in [1.165, 1.54) is 23.8 Å². The molecule has 0 aliphatic carbocycles. The lowest BCUT2D eigenvalue weighted by Crippen LogP contribution is -2.31. The van der Waals surface area contributed by atoms with Crippen molar-refractivity contribution in [2.24, 2.45) is 0 Å². The molecular formula is C21H27ClN2O3S. The zero-order chi connectivity index (χ0) is 21.1. The first-order valence-electron chi connectivity index (χ1n) is 9.24. The lowest BCUT2D eigenvalue weighted by Gasteiger charge is -2.17. The summed E-state index contributed by atoms with van der Waals surface area (Å²) in [5, 5.41) is 3.08. The molecule has 0 fully saturated rings. The minimum atomic E-state index is -3.71. The van der Waals surface area contributed by atoms with Gasteiger partial charge in [0.05, 0.1) is 21.5 Å². The van der Waals surface area contributed by atoms with Crippen LogP contribution in [0.1, 0.15) is 68.1 Å². The molecule has 1 atom stereocenters. The lowest BCUT2D eigenvalue weighted by molar-refractivity contribution is 0.0940. The van der Waals surface area contributed by atoms with Gasteiger partial charge in [-0.3, -0.25) is 4.79 Å². The summed E-state index contributed by atoms with van der Waals surface area (Å²) in [5.74, 6) is 0.00826. The van der Waals surface area contributed by atoms with Gasteiger partial charge in [-0.2, -0.15) is 0 Å². The highest BCUT2D eigenvalue weighted by molar-refractivity contribution is 7.89. The number of hydrogen-bond donors (Lipinski definition) is 2. The highest BCUT2D eigenvalue weighted by atomic mass is 35.5. The van der Waals surface area contributed by atoms with Gasteiger partial charge in [-0.15, -0.1) is 0 Å². The van der Waals surface area contributed by atoms with Crippen molar-refractivity contribution in [2.45, 2.75) is 57.5 Å². The van der Waals surface area contributed by atoms with E-state index in [2.05, 4.69) is 23.9 Å². The molecule has 2 N–H and O–H groups in total. The molecular weight excluding hydrogens is 396 g/mol. The largest absolute Gasteiger partial charge is 0.345 e. The van der Waals surface area contributed by atoms with Crippen molar-refractivity contribution >= 4 is 27.5 Å². The van der Waals surface area contributed by atoms with Crippen LogP contribution >= 0.6 is 11.6 Å². The third kappa shape index (κ3) is 5.56. The van der Waals surface area contributed by atoms with E-state index in [-0.39, 0.29) is 27.6 Å². The second kappa shape index (κ2) is 9.07. The van der Waals surface area contributed by atoms with Gasteiger partial charge in [0.2, 0.25) is 10.0 Å². The maximum absolute atomic E-state index is 12.7. The lowest BCUT2D eigenvalue weighted by atomic mass is 9.99. The minimum Gasteiger partial charge on any atom is -0.345 e. The first kappa shape index (κ1) is 22.4. The predicted octanol–water partition coefficient (Wildman–Crippen LogP) is 4.64. The summed E-state index contributed by atoms with van der Waals surface area (Å²) in [5.41, 5.74) is 2.30. The molecule has 2 aromatic carbocycles. The zero-order valence-electron chi connectivity index (χ0n) is 16.8. The predicted molar refractivity (Wildman–Crippen MR) is 113 cm³/mol. The second-order valence-electron chi connectivity index (χ2n) is 7.43. The molecule has 7 heteroatoms. The molecule has 0 spiro atoms. The van der Waals surface area contributed by atoms with Crippen LogP contribution in [0.4, 0.5) is 0 Å². The van der Waals surface area contributed by atoms with Crippen molar-refractivity contribution in [1.82, 2.24) is 10.0 Å². The van der Waals surface area contributed by atoms with E-state index in [0.29, 0.717) is 5.92 Å². The molecule has 2 rings (SSSR count). The topological polar surface area (TPSA) is 75.3 Å². The van der Waals surface area contributed by atoms with Crippen LogP contribution in [0.5, 0.6) is 0 Å². The molecule has 0 radical (unpaired) electrons. The summed E-state index contributed by atoms with van der Waals surface area (Å²) in [6.45, 7) is 9.58. The van der Waals surface area contributed by atoms with E-state index in [9.17, 15) is 13.2 Å². The van der Waals surface area contributed by atoms with Crippen molar-refractivity contribution in [3.8, 4) is 0 Å². The van der Waals surface area contributed by atoms with E-state index in [1.54, 1.807) is 13.8 Å². The van der Waals surface area contributed by atoms with Gasteiger partial charge in [-0.1, -0.05) is 49.7 Å². The molecule has 0 aliphatic rings. The summed E-state index contributed by atoms with van der Waals surface area (Å²) in [6.07, 6.45) is 0. The zero-order valence-corrected chi connectivity index (χ0v) is 18.4. The normalized spacial score (nSPS) is 13.0. The van der Waals surface area contributed by atoms with Gasteiger partial charge in [-0.05, 0) is 56.0 Å². The van der Waals surface area contributed by atoms with Crippen LogP contribution in [-0.2, 0) is 10.0 Å². The van der Waals surface area contributed by atoms with Crippen LogP contribution in [-0.4, -0.2) is 20.4 Å². The molecule has 0 aromatic heterocycles. The van der Waals surface area contributed by atoms with E-state index in [1.807, 2.05) is 31.2 Å². The highest BCUT2D eigenvalue weighted by Gasteiger charge is 2.20. The van der Waals surface area contributed by atoms with Gasteiger partial charge in [0.1, 0.15) is 0 Å². The number of carbonyl (C=O) groups is 1. The van der Waals surface area contributed by atoms with E-state index in [0.717, 1.165) is 5.56 Å². The smallest absolute Gasteiger partial charge is 0.253 e. The number of nitrogens with one attached hydrogen (secondary N) is 2. The van der Waals surface area contributed by atoms with Gasteiger partial charge in [0, 0.05) is 6.04 Å². The number of rotatable bonds is 7. The van der Waals surface area contributed by atoms with Gasteiger partial charge in [0.15, 0.2) is 0 Å². The van der Waals surface area contributed by atoms with Crippen LogP contribution in [0.25, 0.3) is 0 Å². The summed E-state index contributed by atoms with van der Waals surface area (Å²) in [7, 11) is -3.71. The van der Waals surface area contributed by atoms with E-state index < -0.39 is 15.9 Å². The molecule has 0 bridgehead atoms. The monoisotopic (exact) mass is 422 g/mol. The SMILES string of the molecule is CC(C)NS(=O)(=O)c1ccc(Cl)c(C(=O)NC(C)c2ccc(C(C)C)cc2)c1. The Morgan fingerprint density at radius 1 is 0.929 bits per heavy atom. The Hall–Kier alpha value is -1.89. The Labute approximate surface area is 172 Å². The fourth-order valence-electron chi connectivity index (χ4n) is 2.75. The van der Waals surface area contributed by atoms with Crippen LogP contribution in [0.2, 0.25) is 5.02 Å². The Kier molecular flexibility index (Phi) is 7.26. The molecule has 0 saturated heterocycles. The summed E-state index contributed by atoms with van der Waals surface area (Å²) >= 11 is 6.16. The van der Waals surface area contributed by atoms with Crippen LogP contribution < -0.4 is 10.0 Å². The van der Waals surface area contributed by atoms with Crippen LogP contribution in [0.15, 0.2) is 47.4 Å². The number of hydrogen-bond acceptors (Lipinski definition) is 3. The number of halogens is 1. The van der Waals surface area contributed by atoms with Crippen molar-refractivity contribution in [3.63, 3.8) is 0 Å². The van der Waals surface area contributed by atoms with Gasteiger partial charge < -0.3 is 5.32 Å². The van der Waals surface area contributed by atoms with Gasteiger partial charge in [0.25, 0.3) is 5.91 Å². The highest BCUT2D eigenvalue weighted by Crippen LogP contribution is 2.23. The molecule has 28 heavy (non-hydrogen) atoms. The average Bonchev–Trinajstić information content (AvgIpc) is 2.60. The molecule has 1 unspecified atom stereocenters. The molecule has 152 valence electrons. The summed E-state index contributed by atoms with van der Waals surface area (Å²) < 4.78 is 27.2. The van der Waals surface area contributed by atoms with E-state index in [4.69, 9.17) is 11.6 Å². The molecule has 0 heterocycles. The van der Waals surface area contributed by atoms with Gasteiger partial charge in [-0.25, -0.2) is 13.1 Å². The molecule has 1 amide bonds. The van der Waals surface area contributed by atoms with Crippen LogP contribution in [0, 0.1) is 0 Å². The molecule has 2 aromatic rings. The van der Waals surface area contributed by atoms with Crippen molar-refractivity contribution < 1.29 is 13.2 Å². The Bertz CT molecular complexity index is 939. The average molecular weight is 423 g/mol. The molecule has 0 aliphatic heterocycles.